The normalized spacial score (nSPS) is 23.4. The summed E-state index contributed by atoms with van der Waals surface area (Å²) in [5.74, 6) is 2.88. The molecule has 0 amide bonds. The third-order valence-electron chi connectivity index (χ3n) is 3.16. The molecule has 0 spiro atoms. The van der Waals surface area contributed by atoms with Crippen LogP contribution in [0.3, 0.4) is 0 Å². The lowest BCUT2D eigenvalue weighted by atomic mass is 10.0. The van der Waals surface area contributed by atoms with Crippen molar-refractivity contribution in [1.82, 2.24) is 9.97 Å². The van der Waals surface area contributed by atoms with E-state index in [1.807, 2.05) is 13.1 Å². The van der Waals surface area contributed by atoms with Gasteiger partial charge in [-0.2, -0.15) is 0 Å². The Morgan fingerprint density at radius 3 is 2.61 bits per heavy atom. The number of hydrogen-bond donors (Lipinski definition) is 2. The minimum Gasteiger partial charge on any atom is -0.379 e. The molecule has 100 valence electrons. The van der Waals surface area contributed by atoms with E-state index in [9.17, 15) is 0 Å². The topological polar surface area (TPSA) is 59.1 Å². The minimum atomic E-state index is -0.0202. The summed E-state index contributed by atoms with van der Waals surface area (Å²) in [4.78, 5) is 9.03. The average Bonchev–Trinajstić information content (AvgIpc) is 2.75. The number of aromatic nitrogens is 2. The van der Waals surface area contributed by atoms with Crippen LogP contribution in [0.15, 0.2) is 6.07 Å². The van der Waals surface area contributed by atoms with Crippen LogP contribution in [-0.2, 0) is 4.74 Å². The predicted octanol–water partition coefficient (Wildman–Crippen LogP) is 2.23. The molecule has 2 N–H and O–H groups in total. The van der Waals surface area contributed by atoms with Crippen LogP contribution >= 0.6 is 0 Å². The van der Waals surface area contributed by atoms with E-state index in [0.717, 1.165) is 37.1 Å². The first-order valence-electron chi connectivity index (χ1n) is 6.45. The maximum atomic E-state index is 5.45. The van der Waals surface area contributed by atoms with E-state index in [2.05, 4.69) is 41.4 Å². The van der Waals surface area contributed by atoms with Gasteiger partial charge in [0.1, 0.15) is 17.5 Å². The highest BCUT2D eigenvalue weighted by Gasteiger charge is 2.30. The molecule has 1 aliphatic heterocycles. The second kappa shape index (κ2) is 5.10. The fourth-order valence-corrected chi connectivity index (χ4v) is 1.99. The Kier molecular flexibility index (Phi) is 3.71. The molecule has 2 heterocycles. The van der Waals surface area contributed by atoms with Gasteiger partial charge in [0.05, 0.1) is 12.1 Å². The summed E-state index contributed by atoms with van der Waals surface area (Å²) in [6, 6.07) is 1.94. The van der Waals surface area contributed by atoms with E-state index in [0.29, 0.717) is 5.92 Å². The van der Waals surface area contributed by atoms with Crippen molar-refractivity contribution in [1.29, 1.82) is 0 Å². The Labute approximate surface area is 108 Å². The van der Waals surface area contributed by atoms with E-state index in [4.69, 9.17) is 4.74 Å². The molecule has 2 rings (SSSR count). The van der Waals surface area contributed by atoms with Crippen molar-refractivity contribution >= 4 is 11.6 Å². The number of anilines is 2. The highest BCUT2D eigenvalue weighted by Crippen LogP contribution is 2.24. The maximum absolute atomic E-state index is 5.45. The third kappa shape index (κ3) is 2.90. The number of ether oxygens (including phenoxy) is 1. The SMILES string of the molecule is CNc1cc(NC2(C)CCOC2)nc(C(C)C)n1. The summed E-state index contributed by atoms with van der Waals surface area (Å²) in [7, 11) is 1.87. The first-order chi connectivity index (χ1) is 8.52. The van der Waals surface area contributed by atoms with E-state index in [1.165, 1.54) is 0 Å². The van der Waals surface area contributed by atoms with E-state index in [-0.39, 0.29) is 5.54 Å². The number of rotatable bonds is 4. The molecule has 0 aromatic carbocycles. The van der Waals surface area contributed by atoms with Gasteiger partial charge in [-0.05, 0) is 13.3 Å². The van der Waals surface area contributed by atoms with Crippen molar-refractivity contribution in [2.75, 3.05) is 30.9 Å². The van der Waals surface area contributed by atoms with Crippen molar-refractivity contribution < 1.29 is 4.74 Å². The molecule has 0 aliphatic carbocycles. The third-order valence-corrected chi connectivity index (χ3v) is 3.16. The average molecular weight is 250 g/mol. The smallest absolute Gasteiger partial charge is 0.135 e. The first kappa shape index (κ1) is 13.1. The maximum Gasteiger partial charge on any atom is 0.135 e. The molecule has 0 bridgehead atoms. The van der Waals surface area contributed by atoms with Gasteiger partial charge in [0.25, 0.3) is 0 Å². The standard InChI is InChI=1S/C13H22N4O/c1-9(2)12-15-10(14-4)7-11(16-12)17-13(3)5-6-18-8-13/h7,9H,5-6,8H2,1-4H3,(H2,14,15,16,17). The van der Waals surface area contributed by atoms with Crippen LogP contribution in [0.25, 0.3) is 0 Å². The fourth-order valence-electron chi connectivity index (χ4n) is 1.99. The van der Waals surface area contributed by atoms with Crippen LogP contribution in [0, 0.1) is 0 Å². The van der Waals surface area contributed by atoms with E-state index >= 15 is 0 Å². The molecule has 1 saturated heterocycles. The van der Waals surface area contributed by atoms with Gasteiger partial charge in [0, 0.05) is 25.6 Å². The van der Waals surface area contributed by atoms with Crippen molar-refractivity contribution in [3.05, 3.63) is 11.9 Å². The lowest BCUT2D eigenvalue weighted by Gasteiger charge is -2.25. The van der Waals surface area contributed by atoms with Crippen LogP contribution in [0.5, 0.6) is 0 Å². The summed E-state index contributed by atoms with van der Waals surface area (Å²) in [5, 5.41) is 6.55. The summed E-state index contributed by atoms with van der Waals surface area (Å²) < 4.78 is 5.45. The number of nitrogens with zero attached hydrogens (tertiary/aromatic N) is 2. The second-order valence-corrected chi connectivity index (χ2v) is 5.39. The Morgan fingerprint density at radius 1 is 1.33 bits per heavy atom. The fraction of sp³-hybridized carbons (Fsp3) is 0.692. The Morgan fingerprint density at radius 2 is 2.06 bits per heavy atom. The number of nitrogens with one attached hydrogen (secondary N) is 2. The van der Waals surface area contributed by atoms with Gasteiger partial charge >= 0.3 is 0 Å². The first-order valence-corrected chi connectivity index (χ1v) is 6.45. The van der Waals surface area contributed by atoms with Crippen molar-refractivity contribution in [3.8, 4) is 0 Å². The number of hydrogen-bond acceptors (Lipinski definition) is 5. The van der Waals surface area contributed by atoms with Gasteiger partial charge in [-0.15, -0.1) is 0 Å². The van der Waals surface area contributed by atoms with Gasteiger partial charge in [-0.3, -0.25) is 0 Å². The van der Waals surface area contributed by atoms with Crippen LogP contribution in [0.4, 0.5) is 11.6 Å². The molecule has 0 radical (unpaired) electrons. The van der Waals surface area contributed by atoms with Crippen LogP contribution in [0.2, 0.25) is 0 Å². The summed E-state index contributed by atoms with van der Waals surface area (Å²) in [6.07, 6.45) is 1.00. The molecule has 1 aromatic rings. The van der Waals surface area contributed by atoms with Crippen molar-refractivity contribution in [2.24, 2.45) is 0 Å². The summed E-state index contributed by atoms with van der Waals surface area (Å²) in [6.45, 7) is 7.89. The monoisotopic (exact) mass is 250 g/mol. The van der Waals surface area contributed by atoms with Crippen LogP contribution < -0.4 is 10.6 Å². The molecule has 18 heavy (non-hydrogen) atoms. The van der Waals surface area contributed by atoms with Gasteiger partial charge in [0.15, 0.2) is 0 Å². The van der Waals surface area contributed by atoms with Crippen molar-refractivity contribution in [2.45, 2.75) is 38.6 Å². The summed E-state index contributed by atoms with van der Waals surface area (Å²) >= 11 is 0. The molecular weight excluding hydrogens is 228 g/mol. The Bertz CT molecular complexity index is 413. The molecule has 5 nitrogen and oxygen atoms in total. The predicted molar refractivity (Wildman–Crippen MR) is 73.1 cm³/mol. The zero-order chi connectivity index (χ0) is 13.2. The molecule has 1 aliphatic rings. The van der Waals surface area contributed by atoms with Crippen LogP contribution in [-0.4, -0.2) is 35.8 Å². The van der Waals surface area contributed by atoms with Gasteiger partial charge in [-0.25, -0.2) is 9.97 Å². The zero-order valence-electron chi connectivity index (χ0n) is 11.6. The molecule has 1 aromatic heterocycles. The molecule has 1 fully saturated rings. The molecule has 1 unspecified atom stereocenters. The molecule has 5 heteroatoms. The quantitative estimate of drug-likeness (QED) is 0.858. The Hall–Kier alpha value is -1.36. The highest BCUT2D eigenvalue weighted by molar-refractivity contribution is 5.49. The lowest BCUT2D eigenvalue weighted by molar-refractivity contribution is 0.185. The largest absolute Gasteiger partial charge is 0.379 e. The zero-order valence-corrected chi connectivity index (χ0v) is 11.6. The molecule has 1 atom stereocenters. The van der Waals surface area contributed by atoms with Gasteiger partial charge in [0.2, 0.25) is 0 Å². The van der Waals surface area contributed by atoms with Gasteiger partial charge < -0.3 is 15.4 Å². The summed E-state index contributed by atoms with van der Waals surface area (Å²) in [5.41, 5.74) is -0.0202. The van der Waals surface area contributed by atoms with E-state index in [1.54, 1.807) is 0 Å². The van der Waals surface area contributed by atoms with Crippen LogP contribution in [0.1, 0.15) is 38.9 Å². The van der Waals surface area contributed by atoms with Gasteiger partial charge in [-0.1, -0.05) is 13.8 Å². The van der Waals surface area contributed by atoms with Crippen molar-refractivity contribution in [3.63, 3.8) is 0 Å². The minimum absolute atomic E-state index is 0.0202. The molecular formula is C13H22N4O. The second-order valence-electron chi connectivity index (χ2n) is 5.39. The molecule has 0 saturated carbocycles. The highest BCUT2D eigenvalue weighted by atomic mass is 16.5. The Balaban J connectivity index is 2.23. The lowest BCUT2D eigenvalue weighted by Crippen LogP contribution is -2.35. The van der Waals surface area contributed by atoms with E-state index < -0.39 is 0 Å².